The summed E-state index contributed by atoms with van der Waals surface area (Å²) in [4.78, 5) is 2.53. The summed E-state index contributed by atoms with van der Waals surface area (Å²) in [7, 11) is 0. The number of nitrogens with zero attached hydrogens (tertiary/aromatic N) is 1. The zero-order chi connectivity index (χ0) is 38.0. The van der Waals surface area contributed by atoms with Gasteiger partial charge in [0.25, 0.3) is 0 Å². The molecule has 1 nitrogen and oxygen atoms in total. The van der Waals surface area contributed by atoms with Crippen LogP contribution in [0.5, 0.6) is 0 Å². The second-order valence-corrected chi connectivity index (χ2v) is 16.7. The van der Waals surface area contributed by atoms with Crippen molar-refractivity contribution >= 4 is 38.6 Å². The predicted molar refractivity (Wildman–Crippen MR) is 239 cm³/mol. The summed E-state index contributed by atoms with van der Waals surface area (Å²) in [6, 6.07) is 69.1. The minimum Gasteiger partial charge on any atom is -0.310 e. The summed E-state index contributed by atoms with van der Waals surface area (Å²) >= 11 is 0. The molecule has 1 unspecified atom stereocenters. The van der Waals surface area contributed by atoms with Gasteiger partial charge in [0, 0.05) is 22.2 Å². The smallest absolute Gasteiger partial charge is 0.0729 e. The van der Waals surface area contributed by atoms with Crippen LogP contribution in [0.15, 0.2) is 182 Å². The monoisotopic (exact) mass is 727 g/mol. The maximum absolute atomic E-state index is 2.55. The number of benzene rings is 9. The highest BCUT2D eigenvalue weighted by molar-refractivity contribution is 6.08. The maximum atomic E-state index is 2.55. The molecule has 1 heteroatoms. The van der Waals surface area contributed by atoms with Gasteiger partial charge < -0.3 is 4.90 Å². The molecule has 1 spiro atoms. The molecular weight excluding hydrogens is 687 g/mol. The van der Waals surface area contributed by atoms with Crippen molar-refractivity contribution in [3.05, 3.63) is 221 Å². The molecule has 0 N–H and O–H groups in total. The van der Waals surface area contributed by atoms with E-state index in [4.69, 9.17) is 0 Å². The molecule has 0 heterocycles. The van der Waals surface area contributed by atoms with Crippen molar-refractivity contribution in [2.24, 2.45) is 0 Å². The number of anilines is 3. The Balaban J connectivity index is 1.19. The predicted octanol–water partition coefficient (Wildman–Crippen LogP) is 14.7. The van der Waals surface area contributed by atoms with Crippen LogP contribution in [0.3, 0.4) is 0 Å². The molecule has 0 saturated carbocycles. The lowest BCUT2D eigenvalue weighted by molar-refractivity contribution is 0.660. The Hall–Kier alpha value is -6.70. The van der Waals surface area contributed by atoms with Crippen molar-refractivity contribution in [2.45, 2.75) is 38.0 Å². The number of fused-ring (bicyclic) bond motifs is 13. The third kappa shape index (κ3) is 4.19. The first-order chi connectivity index (χ1) is 28.0. The zero-order valence-corrected chi connectivity index (χ0v) is 32.5. The molecule has 12 rings (SSSR count). The first-order valence-corrected chi connectivity index (χ1v) is 20.4. The number of hydrogen-bond acceptors (Lipinski definition) is 1. The van der Waals surface area contributed by atoms with E-state index >= 15 is 0 Å². The molecule has 3 aliphatic rings. The normalized spacial score (nSPS) is 16.3. The molecule has 3 aliphatic carbocycles. The van der Waals surface area contributed by atoms with E-state index in [1.807, 2.05) is 0 Å². The lowest BCUT2D eigenvalue weighted by atomic mass is 9.60. The topological polar surface area (TPSA) is 3.24 Å². The van der Waals surface area contributed by atoms with Gasteiger partial charge in [0.05, 0.1) is 11.1 Å². The quantitative estimate of drug-likeness (QED) is 0.174. The number of aryl methyl sites for hydroxylation is 1. The van der Waals surface area contributed by atoms with Crippen LogP contribution in [-0.2, 0) is 17.3 Å². The molecular formula is C56H41N. The van der Waals surface area contributed by atoms with Crippen molar-refractivity contribution in [2.75, 3.05) is 4.90 Å². The second-order valence-electron chi connectivity index (χ2n) is 16.7. The van der Waals surface area contributed by atoms with Crippen molar-refractivity contribution in [3.8, 4) is 33.4 Å². The van der Waals surface area contributed by atoms with Gasteiger partial charge in [0.2, 0.25) is 0 Å². The van der Waals surface area contributed by atoms with Gasteiger partial charge in [-0.3, -0.25) is 0 Å². The summed E-state index contributed by atoms with van der Waals surface area (Å²) < 4.78 is 0. The van der Waals surface area contributed by atoms with E-state index in [2.05, 4.69) is 208 Å². The van der Waals surface area contributed by atoms with Crippen LogP contribution in [0, 0.1) is 0 Å². The fraction of sp³-hybridized carbons (Fsp3) is 0.107. The zero-order valence-electron chi connectivity index (χ0n) is 32.5. The molecule has 0 saturated heterocycles. The molecule has 270 valence electrons. The van der Waals surface area contributed by atoms with E-state index in [-0.39, 0.29) is 5.41 Å². The van der Waals surface area contributed by atoms with Crippen LogP contribution in [0.1, 0.15) is 59.7 Å². The van der Waals surface area contributed by atoms with E-state index < -0.39 is 5.41 Å². The average Bonchev–Trinajstić information content (AvgIpc) is 3.67. The highest BCUT2D eigenvalue weighted by Crippen LogP contribution is 2.63. The molecule has 0 aromatic heterocycles. The highest BCUT2D eigenvalue weighted by atomic mass is 15.1. The van der Waals surface area contributed by atoms with Crippen LogP contribution in [0.2, 0.25) is 0 Å². The number of rotatable bonds is 4. The lowest BCUT2D eigenvalue weighted by Gasteiger charge is -2.41. The molecule has 0 radical (unpaired) electrons. The van der Waals surface area contributed by atoms with E-state index in [1.54, 1.807) is 0 Å². The largest absolute Gasteiger partial charge is 0.310 e. The standard InChI is InChI=1S/C56H41N/c1-4-35-27-28-37-17-13-22-45-42-20-9-12-25-50(42)56(54(35)53(37)45)49-24-11-8-19-41(49)44-31-29-39(34-51(44)56)57(52-26-14-16-36-15-5-6-18-40(36)52)38-30-32-48-46(33-38)43-21-7-10-23-47(43)55(48,2)3/h5-34H,4H2,1-3H3. The first-order valence-electron chi connectivity index (χ1n) is 20.4. The minimum atomic E-state index is -0.497. The van der Waals surface area contributed by atoms with Gasteiger partial charge in [-0.05, 0) is 125 Å². The van der Waals surface area contributed by atoms with Crippen molar-refractivity contribution in [1.29, 1.82) is 0 Å². The Morgan fingerprint density at radius 3 is 1.77 bits per heavy atom. The average molecular weight is 728 g/mol. The molecule has 1 atom stereocenters. The van der Waals surface area contributed by atoms with E-state index in [0.29, 0.717) is 0 Å². The summed E-state index contributed by atoms with van der Waals surface area (Å²) in [5.41, 5.74) is 20.6. The number of hydrogen-bond donors (Lipinski definition) is 0. The van der Waals surface area contributed by atoms with Gasteiger partial charge >= 0.3 is 0 Å². The van der Waals surface area contributed by atoms with Crippen LogP contribution >= 0.6 is 0 Å². The Morgan fingerprint density at radius 1 is 0.421 bits per heavy atom. The Labute approximate surface area is 334 Å². The summed E-state index contributed by atoms with van der Waals surface area (Å²) in [6.45, 7) is 7.05. The Bertz CT molecular complexity index is 3160. The fourth-order valence-corrected chi connectivity index (χ4v) is 11.2. The van der Waals surface area contributed by atoms with Crippen LogP contribution < -0.4 is 4.90 Å². The van der Waals surface area contributed by atoms with E-state index in [0.717, 1.165) is 17.8 Å². The molecule has 0 bridgehead atoms. The maximum Gasteiger partial charge on any atom is 0.0729 e. The highest BCUT2D eigenvalue weighted by Gasteiger charge is 2.51. The van der Waals surface area contributed by atoms with Crippen molar-refractivity contribution in [3.63, 3.8) is 0 Å². The van der Waals surface area contributed by atoms with Gasteiger partial charge in [-0.25, -0.2) is 0 Å². The van der Waals surface area contributed by atoms with Gasteiger partial charge in [-0.2, -0.15) is 0 Å². The summed E-state index contributed by atoms with van der Waals surface area (Å²) in [6.07, 6.45) is 0.954. The Morgan fingerprint density at radius 2 is 0.982 bits per heavy atom. The lowest BCUT2D eigenvalue weighted by Crippen LogP contribution is -2.33. The second kappa shape index (κ2) is 11.7. The van der Waals surface area contributed by atoms with Crippen molar-refractivity contribution < 1.29 is 0 Å². The minimum absolute atomic E-state index is 0.0663. The molecule has 0 aliphatic heterocycles. The van der Waals surface area contributed by atoms with Gasteiger partial charge in [-0.1, -0.05) is 172 Å². The molecule has 0 amide bonds. The fourth-order valence-electron chi connectivity index (χ4n) is 11.2. The summed E-state index contributed by atoms with van der Waals surface area (Å²) in [5, 5.41) is 5.15. The third-order valence-electron chi connectivity index (χ3n) is 13.6. The van der Waals surface area contributed by atoms with Crippen LogP contribution in [0.25, 0.3) is 54.9 Å². The molecule has 9 aromatic rings. The van der Waals surface area contributed by atoms with E-state index in [1.165, 1.54) is 99.6 Å². The summed E-state index contributed by atoms with van der Waals surface area (Å²) in [5.74, 6) is 0. The van der Waals surface area contributed by atoms with E-state index in [9.17, 15) is 0 Å². The van der Waals surface area contributed by atoms with Gasteiger partial charge in [-0.15, -0.1) is 0 Å². The van der Waals surface area contributed by atoms with Gasteiger partial charge in [0.1, 0.15) is 0 Å². The SMILES string of the molecule is CCc1ccc2cccc3c2c1C1(c2ccccc2-c2ccc(N(c4ccc5c(c4)-c4ccccc4C5(C)C)c4cccc5ccccc45)cc21)c1ccccc1-3. The first kappa shape index (κ1) is 32.5. The molecule has 9 aromatic carbocycles. The van der Waals surface area contributed by atoms with Crippen LogP contribution in [-0.4, -0.2) is 0 Å². The van der Waals surface area contributed by atoms with Crippen molar-refractivity contribution in [1.82, 2.24) is 0 Å². The Kier molecular flexibility index (Phi) is 6.66. The molecule has 0 fully saturated rings. The van der Waals surface area contributed by atoms with Crippen LogP contribution in [0.4, 0.5) is 17.1 Å². The molecule has 57 heavy (non-hydrogen) atoms. The van der Waals surface area contributed by atoms with Gasteiger partial charge in [0.15, 0.2) is 0 Å². The third-order valence-corrected chi connectivity index (χ3v) is 13.6.